The molecule has 0 radical (unpaired) electrons. The van der Waals surface area contributed by atoms with Gasteiger partial charge in [0.1, 0.15) is 0 Å². The van der Waals surface area contributed by atoms with Gasteiger partial charge in [-0.25, -0.2) is 0 Å². The van der Waals surface area contributed by atoms with Gasteiger partial charge in [0, 0.05) is 11.6 Å². The molecule has 0 aliphatic carbocycles. The Morgan fingerprint density at radius 1 is 1.36 bits per heavy atom. The summed E-state index contributed by atoms with van der Waals surface area (Å²) >= 11 is 5.86. The first-order valence-electron chi connectivity index (χ1n) is 4.98. The van der Waals surface area contributed by atoms with Gasteiger partial charge in [-0.05, 0) is 37.1 Å². The quantitative estimate of drug-likeness (QED) is 0.783. The Kier molecular flexibility index (Phi) is 2.77. The van der Waals surface area contributed by atoms with Crippen molar-refractivity contribution in [1.29, 1.82) is 0 Å². The fourth-order valence-electron chi connectivity index (χ4n) is 2.11. The summed E-state index contributed by atoms with van der Waals surface area (Å²) in [6.45, 7) is 1.70. The van der Waals surface area contributed by atoms with Crippen LogP contribution in [0.4, 0.5) is 0 Å². The molecule has 3 N–H and O–H groups in total. The first-order chi connectivity index (χ1) is 6.77. The number of halogens is 1. The van der Waals surface area contributed by atoms with Crippen molar-refractivity contribution in [2.75, 3.05) is 13.1 Å². The van der Waals surface area contributed by atoms with Gasteiger partial charge in [-0.15, -0.1) is 0 Å². The van der Waals surface area contributed by atoms with Gasteiger partial charge >= 0.3 is 0 Å². The number of rotatable bonds is 2. The molecule has 1 heterocycles. The molecule has 14 heavy (non-hydrogen) atoms. The zero-order valence-corrected chi connectivity index (χ0v) is 8.85. The van der Waals surface area contributed by atoms with Crippen molar-refractivity contribution in [2.24, 2.45) is 5.73 Å². The monoisotopic (exact) mass is 210 g/mol. The largest absolute Gasteiger partial charge is 0.328 e. The molecule has 0 bridgehead atoms. The SMILES string of the molecule is NCC1(c2ccc(Cl)cc2)CCCN1. The Balaban J connectivity index is 2.31. The summed E-state index contributed by atoms with van der Waals surface area (Å²) in [7, 11) is 0. The van der Waals surface area contributed by atoms with Crippen LogP contribution in [0.5, 0.6) is 0 Å². The number of hydrogen-bond donors (Lipinski definition) is 2. The van der Waals surface area contributed by atoms with E-state index in [2.05, 4.69) is 17.4 Å². The lowest BCUT2D eigenvalue weighted by Crippen LogP contribution is -2.43. The lowest BCUT2D eigenvalue weighted by Gasteiger charge is -2.28. The lowest BCUT2D eigenvalue weighted by molar-refractivity contribution is 0.402. The molecule has 1 atom stereocenters. The van der Waals surface area contributed by atoms with Crippen molar-refractivity contribution < 1.29 is 0 Å². The van der Waals surface area contributed by atoms with Crippen LogP contribution in [-0.2, 0) is 5.54 Å². The molecule has 1 aliphatic rings. The van der Waals surface area contributed by atoms with Gasteiger partial charge in [0.25, 0.3) is 0 Å². The van der Waals surface area contributed by atoms with Crippen LogP contribution in [0.3, 0.4) is 0 Å². The summed E-state index contributed by atoms with van der Waals surface area (Å²) in [6.07, 6.45) is 2.31. The highest BCUT2D eigenvalue weighted by molar-refractivity contribution is 6.30. The van der Waals surface area contributed by atoms with Crippen molar-refractivity contribution in [3.8, 4) is 0 Å². The zero-order valence-electron chi connectivity index (χ0n) is 8.09. The van der Waals surface area contributed by atoms with Gasteiger partial charge in [-0.1, -0.05) is 23.7 Å². The minimum absolute atomic E-state index is 0.00934. The average molecular weight is 211 g/mol. The van der Waals surface area contributed by atoms with E-state index >= 15 is 0 Å². The maximum atomic E-state index is 5.86. The Bertz CT molecular complexity index is 302. The van der Waals surface area contributed by atoms with Gasteiger partial charge in [-0.2, -0.15) is 0 Å². The molecule has 76 valence electrons. The molecule has 2 nitrogen and oxygen atoms in total. The van der Waals surface area contributed by atoms with E-state index in [9.17, 15) is 0 Å². The van der Waals surface area contributed by atoms with Crippen LogP contribution in [0.1, 0.15) is 18.4 Å². The van der Waals surface area contributed by atoms with Gasteiger partial charge in [-0.3, -0.25) is 0 Å². The van der Waals surface area contributed by atoms with E-state index in [-0.39, 0.29) is 5.54 Å². The van der Waals surface area contributed by atoms with E-state index in [1.165, 1.54) is 12.0 Å². The molecule has 1 aliphatic heterocycles. The molecule has 0 amide bonds. The second-order valence-electron chi connectivity index (χ2n) is 3.82. The second kappa shape index (κ2) is 3.89. The molecule has 0 saturated carbocycles. The number of nitrogens with two attached hydrogens (primary N) is 1. The Morgan fingerprint density at radius 2 is 2.07 bits per heavy atom. The van der Waals surface area contributed by atoms with E-state index in [1.807, 2.05) is 12.1 Å². The highest BCUT2D eigenvalue weighted by atomic mass is 35.5. The molecule has 0 spiro atoms. The first kappa shape index (κ1) is 9.97. The minimum Gasteiger partial charge on any atom is -0.328 e. The number of nitrogens with one attached hydrogen (secondary N) is 1. The fraction of sp³-hybridized carbons (Fsp3) is 0.455. The number of hydrogen-bond acceptors (Lipinski definition) is 2. The third-order valence-electron chi connectivity index (χ3n) is 2.99. The molecular weight excluding hydrogens is 196 g/mol. The molecule has 1 saturated heterocycles. The summed E-state index contributed by atoms with van der Waals surface area (Å²) < 4.78 is 0. The van der Waals surface area contributed by atoms with Crippen molar-refractivity contribution in [1.82, 2.24) is 5.32 Å². The van der Waals surface area contributed by atoms with E-state index in [0.29, 0.717) is 6.54 Å². The molecule has 1 aromatic carbocycles. The third kappa shape index (κ3) is 1.65. The van der Waals surface area contributed by atoms with Crippen molar-refractivity contribution >= 4 is 11.6 Å². The van der Waals surface area contributed by atoms with E-state index in [0.717, 1.165) is 18.0 Å². The summed E-state index contributed by atoms with van der Waals surface area (Å²) in [4.78, 5) is 0. The van der Waals surface area contributed by atoms with Crippen LogP contribution in [0.2, 0.25) is 5.02 Å². The van der Waals surface area contributed by atoms with Gasteiger partial charge < -0.3 is 11.1 Å². The molecule has 2 rings (SSSR count). The molecule has 3 heteroatoms. The molecule has 1 fully saturated rings. The highest BCUT2D eigenvalue weighted by Crippen LogP contribution is 2.30. The normalized spacial score (nSPS) is 26.7. The number of benzene rings is 1. The van der Waals surface area contributed by atoms with Crippen molar-refractivity contribution in [3.63, 3.8) is 0 Å². The van der Waals surface area contributed by atoms with Gasteiger partial charge in [0.15, 0.2) is 0 Å². The predicted octanol–water partition coefficient (Wildman–Crippen LogP) is 1.88. The van der Waals surface area contributed by atoms with Crippen LogP contribution in [-0.4, -0.2) is 13.1 Å². The predicted molar refractivity (Wildman–Crippen MR) is 59.4 cm³/mol. The fourth-order valence-corrected chi connectivity index (χ4v) is 2.24. The van der Waals surface area contributed by atoms with E-state index in [4.69, 9.17) is 17.3 Å². The average Bonchev–Trinajstić information content (AvgIpc) is 2.68. The van der Waals surface area contributed by atoms with Gasteiger partial charge in [0.05, 0.1) is 5.54 Å². The highest BCUT2D eigenvalue weighted by Gasteiger charge is 2.33. The summed E-state index contributed by atoms with van der Waals surface area (Å²) in [5.74, 6) is 0. The van der Waals surface area contributed by atoms with Crippen LogP contribution < -0.4 is 11.1 Å². The van der Waals surface area contributed by atoms with Gasteiger partial charge in [0.2, 0.25) is 0 Å². The standard InChI is InChI=1S/C11H15ClN2/c12-10-4-2-9(3-5-10)11(8-13)6-1-7-14-11/h2-5,14H,1,6-8,13H2. The molecule has 1 aromatic rings. The van der Waals surface area contributed by atoms with Crippen LogP contribution in [0, 0.1) is 0 Å². The third-order valence-corrected chi connectivity index (χ3v) is 3.24. The van der Waals surface area contributed by atoms with E-state index < -0.39 is 0 Å². The summed E-state index contributed by atoms with van der Waals surface area (Å²) in [5, 5.41) is 4.26. The Hall–Kier alpha value is -0.570. The van der Waals surface area contributed by atoms with E-state index in [1.54, 1.807) is 0 Å². The van der Waals surface area contributed by atoms with Crippen LogP contribution >= 0.6 is 11.6 Å². The smallest absolute Gasteiger partial charge is 0.0559 e. The Morgan fingerprint density at radius 3 is 2.57 bits per heavy atom. The lowest BCUT2D eigenvalue weighted by atomic mass is 9.88. The van der Waals surface area contributed by atoms with Crippen molar-refractivity contribution in [2.45, 2.75) is 18.4 Å². The molecule has 0 aromatic heterocycles. The maximum Gasteiger partial charge on any atom is 0.0559 e. The zero-order chi connectivity index (χ0) is 10.0. The molecule has 1 unspecified atom stereocenters. The summed E-state index contributed by atoms with van der Waals surface area (Å²) in [6, 6.07) is 7.98. The second-order valence-corrected chi connectivity index (χ2v) is 4.26. The topological polar surface area (TPSA) is 38.0 Å². The van der Waals surface area contributed by atoms with Crippen LogP contribution in [0.25, 0.3) is 0 Å². The van der Waals surface area contributed by atoms with Crippen molar-refractivity contribution in [3.05, 3.63) is 34.9 Å². The summed E-state index contributed by atoms with van der Waals surface area (Å²) in [5.41, 5.74) is 7.09. The Labute approximate surface area is 89.4 Å². The maximum absolute atomic E-state index is 5.86. The molecular formula is C11H15ClN2. The minimum atomic E-state index is -0.00934. The first-order valence-corrected chi connectivity index (χ1v) is 5.36. The van der Waals surface area contributed by atoms with Crippen LogP contribution in [0.15, 0.2) is 24.3 Å².